The predicted molar refractivity (Wildman–Crippen MR) is 166 cm³/mol. The van der Waals surface area contributed by atoms with Gasteiger partial charge in [-0.25, -0.2) is 4.79 Å². The van der Waals surface area contributed by atoms with E-state index in [1.807, 2.05) is 63.8 Å². The number of carbonyl (C=O) groups is 2. The summed E-state index contributed by atoms with van der Waals surface area (Å²) in [5, 5.41) is 0. The molecule has 1 saturated heterocycles. The van der Waals surface area contributed by atoms with Gasteiger partial charge in [-0.05, 0) is 53.2 Å². The van der Waals surface area contributed by atoms with Crippen molar-refractivity contribution < 1.29 is 19.1 Å². The number of benzene rings is 1. The summed E-state index contributed by atoms with van der Waals surface area (Å²) in [6, 6.07) is 7.51. The van der Waals surface area contributed by atoms with Crippen LogP contribution >= 0.6 is 0 Å². The van der Waals surface area contributed by atoms with Crippen molar-refractivity contribution in [2.75, 3.05) is 0 Å². The summed E-state index contributed by atoms with van der Waals surface area (Å²) in [5.74, 6) is 0.432. The largest absolute Gasteiger partial charge is 0.462 e. The third-order valence-corrected chi connectivity index (χ3v) is 8.36. The van der Waals surface area contributed by atoms with Gasteiger partial charge in [-0.15, -0.1) is 0 Å². The van der Waals surface area contributed by atoms with E-state index < -0.39 is 11.1 Å². The van der Waals surface area contributed by atoms with Gasteiger partial charge in [-0.3, -0.25) is 9.69 Å². The van der Waals surface area contributed by atoms with Crippen molar-refractivity contribution in [3.8, 4) is 5.75 Å². The molecule has 1 amide bonds. The Kier molecular flexibility index (Phi) is 15.1. The zero-order valence-electron chi connectivity index (χ0n) is 26.7. The molecule has 1 fully saturated rings. The molecule has 0 aromatic heterocycles. The van der Waals surface area contributed by atoms with Gasteiger partial charge in [-0.2, -0.15) is 0 Å². The molecule has 0 unspecified atom stereocenters. The zero-order valence-corrected chi connectivity index (χ0v) is 26.7. The molecule has 1 aliphatic rings. The molecule has 0 saturated carbocycles. The van der Waals surface area contributed by atoms with Gasteiger partial charge < -0.3 is 9.47 Å². The average Bonchev–Trinajstić information content (AvgIpc) is 2.86. The molecular weight excluding hydrogens is 498 g/mol. The number of hydrogen-bond donors (Lipinski definition) is 0. The Bertz CT molecular complexity index is 843. The van der Waals surface area contributed by atoms with Gasteiger partial charge >= 0.3 is 12.1 Å². The Morgan fingerprint density at radius 1 is 0.725 bits per heavy atom. The molecule has 1 heterocycles. The normalized spacial score (nSPS) is 16.6. The van der Waals surface area contributed by atoms with Crippen LogP contribution in [0.1, 0.15) is 156 Å². The number of carbonyl (C=O) groups excluding carboxylic acids is 2. The number of ether oxygens (including phenoxy) is 2. The molecule has 2 rings (SSSR count). The predicted octanol–water partition coefficient (Wildman–Crippen LogP) is 10.3. The number of likely N-dealkylation sites (tertiary alicyclic amines) is 1. The summed E-state index contributed by atoms with van der Waals surface area (Å²) in [7, 11) is 0. The molecule has 0 atom stereocenters. The van der Waals surface area contributed by atoms with E-state index >= 15 is 0 Å². The fraction of sp³-hybridized carbons (Fsp3) is 0.771. The molecule has 0 aliphatic carbocycles. The quantitative estimate of drug-likeness (QED) is 0.133. The minimum Gasteiger partial charge on any atom is -0.462 e. The maximum atomic E-state index is 13.2. The topological polar surface area (TPSA) is 55.8 Å². The van der Waals surface area contributed by atoms with Crippen molar-refractivity contribution in [3.63, 3.8) is 0 Å². The molecule has 1 aliphatic heterocycles. The molecule has 1 aromatic rings. The van der Waals surface area contributed by atoms with Gasteiger partial charge in [0.25, 0.3) is 0 Å². The van der Waals surface area contributed by atoms with Crippen molar-refractivity contribution in [2.45, 2.75) is 174 Å². The van der Waals surface area contributed by atoms with Crippen LogP contribution in [0.3, 0.4) is 0 Å². The summed E-state index contributed by atoms with van der Waals surface area (Å²) < 4.78 is 11.6. The summed E-state index contributed by atoms with van der Waals surface area (Å²) in [6.45, 7) is 12.4. The lowest BCUT2D eigenvalue weighted by atomic mass is 9.78. The van der Waals surface area contributed by atoms with Crippen LogP contribution in [0.5, 0.6) is 5.75 Å². The average molecular weight is 558 g/mol. The highest BCUT2D eigenvalue weighted by Gasteiger charge is 2.50. The van der Waals surface area contributed by atoms with Crippen molar-refractivity contribution in [3.05, 3.63) is 29.8 Å². The standard InChI is InChI=1S/C35H59NO4/c1-7-8-9-10-11-12-13-14-15-16-17-18-19-20-21-22-32(37)39-31-27-34(3,4)36(35(5,6)28-31)33(38)40-30-25-23-29(2)24-26-30/h23-26,31H,7-22,27-28H2,1-6H3. The first kappa shape index (κ1) is 34.2. The molecule has 40 heavy (non-hydrogen) atoms. The van der Waals surface area contributed by atoms with E-state index in [0.29, 0.717) is 25.0 Å². The molecule has 5 heteroatoms. The Balaban J connectivity index is 1.59. The van der Waals surface area contributed by atoms with Gasteiger partial charge in [0.05, 0.1) is 0 Å². The third kappa shape index (κ3) is 12.6. The second kappa shape index (κ2) is 17.7. The smallest absolute Gasteiger partial charge is 0.416 e. The number of piperidine rings is 1. The van der Waals surface area contributed by atoms with Gasteiger partial charge in [-0.1, -0.05) is 115 Å². The highest BCUT2D eigenvalue weighted by Crippen LogP contribution is 2.40. The van der Waals surface area contributed by atoms with Crippen LogP contribution in [0.2, 0.25) is 0 Å². The molecule has 0 spiro atoms. The van der Waals surface area contributed by atoms with Crippen LogP contribution in [0.25, 0.3) is 0 Å². The summed E-state index contributed by atoms with van der Waals surface area (Å²) in [5.41, 5.74) is 0.124. The van der Waals surface area contributed by atoms with Gasteiger partial charge in [0.15, 0.2) is 0 Å². The first-order valence-electron chi connectivity index (χ1n) is 16.3. The van der Waals surface area contributed by atoms with E-state index in [2.05, 4.69) is 6.92 Å². The fourth-order valence-corrected chi connectivity index (χ4v) is 6.40. The lowest BCUT2D eigenvalue weighted by Gasteiger charge is -2.53. The molecule has 5 nitrogen and oxygen atoms in total. The minimum absolute atomic E-state index is 0.109. The molecule has 0 radical (unpaired) electrons. The van der Waals surface area contributed by atoms with Crippen molar-refractivity contribution in [1.29, 1.82) is 0 Å². The van der Waals surface area contributed by atoms with E-state index in [0.717, 1.165) is 18.4 Å². The Morgan fingerprint density at radius 2 is 1.15 bits per heavy atom. The van der Waals surface area contributed by atoms with Crippen LogP contribution in [0.15, 0.2) is 24.3 Å². The number of hydrogen-bond acceptors (Lipinski definition) is 4. The van der Waals surface area contributed by atoms with Gasteiger partial charge in [0.1, 0.15) is 11.9 Å². The van der Waals surface area contributed by atoms with Crippen molar-refractivity contribution in [2.24, 2.45) is 0 Å². The van der Waals surface area contributed by atoms with Crippen LogP contribution in [-0.4, -0.2) is 34.1 Å². The zero-order chi connectivity index (χ0) is 29.4. The number of nitrogens with zero attached hydrogens (tertiary/aromatic N) is 1. The van der Waals surface area contributed by atoms with E-state index in [1.54, 1.807) is 0 Å². The molecule has 0 N–H and O–H groups in total. The second-order valence-corrected chi connectivity index (χ2v) is 13.4. The first-order valence-corrected chi connectivity index (χ1v) is 16.3. The van der Waals surface area contributed by atoms with E-state index in [4.69, 9.17) is 9.47 Å². The summed E-state index contributed by atoms with van der Waals surface area (Å²) in [4.78, 5) is 27.6. The highest BCUT2D eigenvalue weighted by molar-refractivity contribution is 5.73. The van der Waals surface area contributed by atoms with Gasteiger partial charge in [0, 0.05) is 30.3 Å². The SMILES string of the molecule is CCCCCCCCCCCCCCCCCC(=O)OC1CC(C)(C)N(C(=O)Oc2ccc(C)cc2)C(C)(C)C1. The first-order chi connectivity index (χ1) is 19.0. The number of rotatable bonds is 18. The van der Waals surface area contributed by atoms with Crippen molar-refractivity contribution >= 4 is 12.1 Å². The molecule has 0 bridgehead atoms. The van der Waals surface area contributed by atoms with E-state index in [9.17, 15) is 9.59 Å². The monoisotopic (exact) mass is 557 g/mol. The second-order valence-electron chi connectivity index (χ2n) is 13.4. The summed E-state index contributed by atoms with van der Waals surface area (Å²) in [6.07, 6.45) is 20.8. The fourth-order valence-electron chi connectivity index (χ4n) is 6.40. The molecule has 1 aromatic carbocycles. The van der Waals surface area contributed by atoms with Crippen LogP contribution in [0.4, 0.5) is 4.79 Å². The molecule has 228 valence electrons. The lowest BCUT2D eigenvalue weighted by molar-refractivity contribution is -0.158. The number of unbranched alkanes of at least 4 members (excludes halogenated alkanes) is 14. The Hall–Kier alpha value is -2.04. The lowest BCUT2D eigenvalue weighted by Crippen LogP contribution is -2.64. The number of amides is 1. The third-order valence-electron chi connectivity index (χ3n) is 8.36. The highest BCUT2D eigenvalue weighted by atomic mass is 16.6. The number of aryl methyl sites for hydroxylation is 1. The summed E-state index contributed by atoms with van der Waals surface area (Å²) >= 11 is 0. The molecular formula is C35H59NO4. The van der Waals surface area contributed by atoms with E-state index in [1.165, 1.54) is 83.5 Å². The minimum atomic E-state index is -0.497. The maximum Gasteiger partial charge on any atom is 0.416 e. The Labute approximate surface area is 245 Å². The van der Waals surface area contributed by atoms with Crippen LogP contribution in [-0.2, 0) is 9.53 Å². The van der Waals surface area contributed by atoms with Gasteiger partial charge in [0.2, 0.25) is 0 Å². The van der Waals surface area contributed by atoms with E-state index in [-0.39, 0.29) is 18.2 Å². The van der Waals surface area contributed by atoms with Crippen LogP contribution in [0, 0.1) is 6.92 Å². The van der Waals surface area contributed by atoms with Crippen molar-refractivity contribution in [1.82, 2.24) is 4.90 Å². The van der Waals surface area contributed by atoms with Crippen LogP contribution < -0.4 is 4.74 Å². The Morgan fingerprint density at radius 3 is 1.60 bits per heavy atom. The maximum absolute atomic E-state index is 13.2. The number of esters is 1.